The highest BCUT2D eigenvalue weighted by molar-refractivity contribution is 6.17. The number of anilines is 1. The lowest BCUT2D eigenvalue weighted by atomic mass is 10.1. The predicted molar refractivity (Wildman–Crippen MR) is 55.7 cm³/mol. The van der Waals surface area contributed by atoms with E-state index in [1.807, 2.05) is 0 Å². The Morgan fingerprint density at radius 3 is 2.71 bits per heavy atom. The Kier molecular flexibility index (Phi) is 3.65. The third-order valence-corrected chi connectivity index (χ3v) is 1.93. The quantitative estimate of drug-likeness (QED) is 0.616. The van der Waals surface area contributed by atoms with Gasteiger partial charge < -0.3 is 5.32 Å². The molecule has 3 nitrogen and oxygen atoms in total. The molecule has 1 rings (SSSR count). The van der Waals surface area contributed by atoms with E-state index in [0.717, 1.165) is 11.8 Å². The van der Waals surface area contributed by atoms with E-state index in [4.69, 9.17) is 11.6 Å². The fourth-order valence-corrected chi connectivity index (χ4v) is 1.29. The highest BCUT2D eigenvalue weighted by Gasteiger charge is 2.01. The van der Waals surface area contributed by atoms with Crippen LogP contribution in [0.2, 0.25) is 0 Å². The summed E-state index contributed by atoms with van der Waals surface area (Å²) in [6, 6.07) is 5.02. The van der Waals surface area contributed by atoms with Crippen molar-refractivity contribution in [1.82, 2.24) is 0 Å². The molecule has 0 saturated carbocycles. The van der Waals surface area contributed by atoms with Gasteiger partial charge in [0.15, 0.2) is 0 Å². The molecule has 0 unspecified atom stereocenters. The minimum atomic E-state index is -0.173. The molecule has 74 valence electrons. The van der Waals surface area contributed by atoms with E-state index in [9.17, 15) is 9.59 Å². The molecule has 0 bridgehead atoms. The Labute approximate surface area is 87.1 Å². The number of nitrogens with one attached hydrogen (secondary N) is 1. The zero-order chi connectivity index (χ0) is 10.6. The van der Waals surface area contributed by atoms with E-state index < -0.39 is 0 Å². The van der Waals surface area contributed by atoms with E-state index in [-0.39, 0.29) is 5.91 Å². The van der Waals surface area contributed by atoms with Gasteiger partial charge in [-0.1, -0.05) is 0 Å². The fourth-order valence-electron chi connectivity index (χ4n) is 1.14. The molecule has 0 aliphatic heterocycles. The van der Waals surface area contributed by atoms with Gasteiger partial charge in [-0.3, -0.25) is 9.59 Å². The van der Waals surface area contributed by atoms with Crippen molar-refractivity contribution < 1.29 is 9.59 Å². The number of alkyl halides is 1. The monoisotopic (exact) mass is 211 g/mol. The molecule has 1 aromatic carbocycles. The molecule has 0 aliphatic carbocycles. The first-order chi connectivity index (χ1) is 6.65. The normalized spacial score (nSPS) is 9.57. The van der Waals surface area contributed by atoms with Crippen molar-refractivity contribution in [3.63, 3.8) is 0 Å². The number of amides is 1. The molecular formula is C10H10ClNO2. The number of rotatable bonds is 3. The zero-order valence-corrected chi connectivity index (χ0v) is 8.47. The summed E-state index contributed by atoms with van der Waals surface area (Å²) in [6.45, 7) is 1.41. The maximum Gasteiger partial charge on any atom is 0.221 e. The van der Waals surface area contributed by atoms with Crippen molar-refractivity contribution in [1.29, 1.82) is 0 Å². The zero-order valence-electron chi connectivity index (χ0n) is 7.71. The van der Waals surface area contributed by atoms with Crippen molar-refractivity contribution in [3.8, 4) is 0 Å². The first-order valence-corrected chi connectivity index (χ1v) is 4.62. The van der Waals surface area contributed by atoms with E-state index in [1.165, 1.54) is 6.92 Å². The standard InChI is InChI=1S/C10H10ClNO2/c1-7(14)12-10-3-8(5-11)2-9(4-10)6-13/h2-4,6H,5H2,1H3,(H,12,14). The summed E-state index contributed by atoms with van der Waals surface area (Å²) in [6.07, 6.45) is 0.724. The molecule has 0 heterocycles. The van der Waals surface area contributed by atoms with Crippen LogP contribution >= 0.6 is 11.6 Å². The van der Waals surface area contributed by atoms with Crippen LogP contribution in [0.25, 0.3) is 0 Å². The van der Waals surface area contributed by atoms with Gasteiger partial charge in [0.1, 0.15) is 6.29 Å². The lowest BCUT2D eigenvalue weighted by Gasteiger charge is -2.05. The van der Waals surface area contributed by atoms with Crippen molar-refractivity contribution in [3.05, 3.63) is 29.3 Å². The molecule has 0 spiro atoms. The van der Waals surface area contributed by atoms with Gasteiger partial charge >= 0.3 is 0 Å². The van der Waals surface area contributed by atoms with Gasteiger partial charge in [-0.2, -0.15) is 0 Å². The SMILES string of the molecule is CC(=O)Nc1cc(C=O)cc(CCl)c1. The van der Waals surface area contributed by atoms with E-state index in [2.05, 4.69) is 5.32 Å². The summed E-state index contributed by atoms with van der Waals surface area (Å²) in [5.41, 5.74) is 1.91. The molecule has 1 aromatic rings. The topological polar surface area (TPSA) is 46.2 Å². The molecule has 0 saturated heterocycles. The van der Waals surface area contributed by atoms with Crippen LogP contribution in [0.15, 0.2) is 18.2 Å². The van der Waals surface area contributed by atoms with Crippen molar-refractivity contribution in [2.75, 3.05) is 5.32 Å². The average Bonchev–Trinajstić information content (AvgIpc) is 2.16. The van der Waals surface area contributed by atoms with Crippen LogP contribution in [0.5, 0.6) is 0 Å². The van der Waals surface area contributed by atoms with Gasteiger partial charge in [0, 0.05) is 24.1 Å². The average molecular weight is 212 g/mol. The molecule has 0 aromatic heterocycles. The third-order valence-electron chi connectivity index (χ3n) is 1.63. The third kappa shape index (κ3) is 2.85. The second kappa shape index (κ2) is 4.77. The van der Waals surface area contributed by atoms with E-state index in [1.54, 1.807) is 18.2 Å². The lowest BCUT2D eigenvalue weighted by molar-refractivity contribution is -0.114. The summed E-state index contributed by atoms with van der Waals surface area (Å²) in [5, 5.41) is 2.60. The largest absolute Gasteiger partial charge is 0.326 e. The summed E-state index contributed by atoms with van der Waals surface area (Å²) in [4.78, 5) is 21.3. The van der Waals surface area contributed by atoms with E-state index >= 15 is 0 Å². The lowest BCUT2D eigenvalue weighted by Crippen LogP contribution is -2.06. The first kappa shape index (κ1) is 10.7. The van der Waals surface area contributed by atoms with Crippen LogP contribution in [0.3, 0.4) is 0 Å². The van der Waals surface area contributed by atoms with Crippen molar-refractivity contribution in [2.45, 2.75) is 12.8 Å². The summed E-state index contributed by atoms with van der Waals surface area (Å²) in [7, 11) is 0. The van der Waals surface area contributed by atoms with Crippen molar-refractivity contribution in [2.24, 2.45) is 0 Å². The van der Waals surface area contributed by atoms with Crippen LogP contribution in [-0.2, 0) is 10.7 Å². The number of carbonyl (C=O) groups excluding carboxylic acids is 2. The van der Waals surface area contributed by atoms with Gasteiger partial charge in [-0.25, -0.2) is 0 Å². The van der Waals surface area contributed by atoms with Crippen LogP contribution in [-0.4, -0.2) is 12.2 Å². The molecule has 14 heavy (non-hydrogen) atoms. The van der Waals surface area contributed by atoms with Gasteiger partial charge in [0.25, 0.3) is 0 Å². The molecule has 0 aliphatic rings. The van der Waals surface area contributed by atoms with Crippen LogP contribution < -0.4 is 5.32 Å². The fraction of sp³-hybridized carbons (Fsp3) is 0.200. The summed E-state index contributed by atoms with van der Waals surface area (Å²) < 4.78 is 0. The molecule has 1 N–H and O–H groups in total. The highest BCUT2D eigenvalue weighted by atomic mass is 35.5. The summed E-state index contributed by atoms with van der Waals surface area (Å²) >= 11 is 5.64. The van der Waals surface area contributed by atoms with Gasteiger partial charge in [-0.15, -0.1) is 11.6 Å². The molecular weight excluding hydrogens is 202 g/mol. The van der Waals surface area contributed by atoms with Crippen LogP contribution in [0.1, 0.15) is 22.8 Å². The Bertz CT molecular complexity index is 363. The highest BCUT2D eigenvalue weighted by Crippen LogP contribution is 2.15. The van der Waals surface area contributed by atoms with E-state index in [0.29, 0.717) is 17.1 Å². The van der Waals surface area contributed by atoms with Crippen LogP contribution in [0, 0.1) is 0 Å². The summed E-state index contributed by atoms with van der Waals surface area (Å²) in [5.74, 6) is 0.141. The smallest absolute Gasteiger partial charge is 0.221 e. The van der Waals surface area contributed by atoms with Gasteiger partial charge in [0.2, 0.25) is 5.91 Å². The number of hydrogen-bond acceptors (Lipinski definition) is 2. The predicted octanol–water partition coefficient (Wildman–Crippen LogP) is 2.20. The maximum atomic E-state index is 10.8. The first-order valence-electron chi connectivity index (χ1n) is 4.08. The number of benzene rings is 1. The Morgan fingerprint density at radius 2 is 2.21 bits per heavy atom. The van der Waals surface area contributed by atoms with Gasteiger partial charge in [-0.05, 0) is 23.8 Å². The second-order valence-corrected chi connectivity index (χ2v) is 3.16. The second-order valence-electron chi connectivity index (χ2n) is 2.90. The Hall–Kier alpha value is -1.35. The minimum absolute atomic E-state index is 0.173. The number of halogens is 1. The molecule has 1 amide bonds. The molecule has 0 fully saturated rings. The van der Waals surface area contributed by atoms with Crippen LogP contribution in [0.4, 0.5) is 5.69 Å². The molecule has 0 radical (unpaired) electrons. The number of hydrogen-bond donors (Lipinski definition) is 1. The Balaban J connectivity index is 3.03. The number of carbonyl (C=O) groups is 2. The van der Waals surface area contributed by atoms with Crippen molar-refractivity contribution >= 4 is 29.5 Å². The number of aldehydes is 1. The minimum Gasteiger partial charge on any atom is -0.326 e. The molecule has 4 heteroatoms. The maximum absolute atomic E-state index is 10.8. The molecule has 0 atom stereocenters. The van der Waals surface area contributed by atoms with Gasteiger partial charge in [0.05, 0.1) is 0 Å². The Morgan fingerprint density at radius 1 is 1.50 bits per heavy atom.